The first kappa shape index (κ1) is 86.1. The minimum Gasteiger partial charge on any atom is -0.412 e. The number of ether oxygens (including phenoxy) is 1. The number of rotatable bonds is 3. The molecule has 0 aliphatic carbocycles. The van der Waals surface area contributed by atoms with Gasteiger partial charge in [-0.1, -0.05) is 6.92 Å². The normalized spacial score (nSPS) is 6.60. The second kappa shape index (κ2) is 68.9. The molecule has 0 spiro atoms. The maximum Gasteiger partial charge on any atom is 0.154 e. The second-order valence-electron chi connectivity index (χ2n) is 1.32. The molecule has 0 aromatic carbocycles. The van der Waals surface area contributed by atoms with E-state index in [0.29, 0.717) is 13.0 Å². The fourth-order valence-electron chi connectivity index (χ4n) is 0.310. The van der Waals surface area contributed by atoms with Crippen LogP contribution in [0.2, 0.25) is 0 Å². The van der Waals surface area contributed by atoms with E-state index in [1.54, 1.807) is 0 Å². The summed E-state index contributed by atoms with van der Waals surface area (Å²) in [5.41, 5.74) is 0. The molecule has 0 amide bonds. The van der Waals surface area contributed by atoms with Crippen LogP contribution in [0.4, 0.5) is 0 Å². The highest BCUT2D eigenvalue weighted by atomic mass is 16.6. The Morgan fingerprint density at radius 1 is 0.800 bits per heavy atom. The minimum absolute atomic E-state index is 0. The predicted octanol–water partition coefficient (Wildman–Crippen LogP) is -5.85. The summed E-state index contributed by atoms with van der Waals surface area (Å²) in [5.74, 6) is 0. The van der Waals surface area contributed by atoms with Gasteiger partial charge in [0.2, 0.25) is 0 Å². The molecular formula is C5H28O10. The van der Waals surface area contributed by atoms with Crippen LogP contribution in [-0.2, 0) is 4.74 Å². The monoisotopic (exact) mass is 248 g/mol. The molecule has 10 heteroatoms. The molecular weight excluding hydrogens is 220 g/mol. The summed E-state index contributed by atoms with van der Waals surface area (Å²) in [6.45, 7) is 4.33. The topological polar surface area (TPSA) is 281 Å². The molecule has 0 radical (unpaired) electrons. The summed E-state index contributed by atoms with van der Waals surface area (Å²) in [5, 5.41) is 8.64. The highest BCUT2D eigenvalue weighted by Crippen LogP contribution is 1.89. The van der Waals surface area contributed by atoms with Crippen LogP contribution in [0.5, 0.6) is 0 Å². The second-order valence-corrected chi connectivity index (χ2v) is 1.32. The van der Waals surface area contributed by atoms with E-state index in [2.05, 4.69) is 0 Å². The Labute approximate surface area is 88.0 Å². The maximum absolute atomic E-state index is 8.64. The largest absolute Gasteiger partial charge is 0.412 e. The first-order valence-corrected chi connectivity index (χ1v) is 2.61. The number of aliphatic hydroxyl groups excluding tert-OH is 1. The first-order chi connectivity index (χ1) is 3.31. The highest BCUT2D eigenvalue weighted by Gasteiger charge is 1.93. The predicted molar refractivity (Wildman–Crippen MR) is 56.8 cm³/mol. The van der Waals surface area contributed by atoms with E-state index < -0.39 is 6.29 Å². The third kappa shape index (κ3) is 86.5. The lowest BCUT2D eigenvalue weighted by atomic mass is 10.5. The van der Waals surface area contributed by atoms with Crippen LogP contribution >= 0.6 is 0 Å². The van der Waals surface area contributed by atoms with Crippen molar-refractivity contribution in [3.63, 3.8) is 0 Å². The standard InChI is InChI=1S/C5H12O2.8H2O/c1-3-5(6)7-4-2;;;;;;;;/h5-6H,3-4H2,1-2H3;8*1H2. The molecule has 0 saturated heterocycles. The summed E-state index contributed by atoms with van der Waals surface area (Å²) in [7, 11) is 0. The molecule has 0 aliphatic rings. The summed E-state index contributed by atoms with van der Waals surface area (Å²) in [6.07, 6.45) is 0.124. The SMILES string of the molecule is CCOC(O)CC.O.O.O.O.O.O.O.O. The third-order valence-electron chi connectivity index (χ3n) is 0.708. The van der Waals surface area contributed by atoms with E-state index in [0.717, 1.165) is 0 Å². The van der Waals surface area contributed by atoms with Crippen molar-refractivity contribution >= 4 is 0 Å². The van der Waals surface area contributed by atoms with Crippen LogP contribution < -0.4 is 0 Å². The van der Waals surface area contributed by atoms with Crippen molar-refractivity contribution in [3.8, 4) is 0 Å². The molecule has 0 aromatic rings. The van der Waals surface area contributed by atoms with Gasteiger partial charge in [0.15, 0.2) is 6.29 Å². The van der Waals surface area contributed by atoms with Crippen LogP contribution in [0.25, 0.3) is 0 Å². The van der Waals surface area contributed by atoms with Crippen LogP contribution in [0.15, 0.2) is 0 Å². The van der Waals surface area contributed by atoms with Crippen molar-refractivity contribution in [2.24, 2.45) is 0 Å². The van der Waals surface area contributed by atoms with Gasteiger partial charge in [0.25, 0.3) is 0 Å². The smallest absolute Gasteiger partial charge is 0.154 e. The van der Waals surface area contributed by atoms with Gasteiger partial charge in [-0.25, -0.2) is 0 Å². The Morgan fingerprint density at radius 3 is 1.13 bits per heavy atom. The molecule has 17 N–H and O–H groups in total. The maximum atomic E-state index is 8.64. The van der Waals surface area contributed by atoms with E-state index >= 15 is 0 Å². The number of hydrogen-bond donors (Lipinski definition) is 1. The van der Waals surface area contributed by atoms with Gasteiger partial charge in [0.05, 0.1) is 0 Å². The molecule has 15 heavy (non-hydrogen) atoms. The summed E-state index contributed by atoms with van der Waals surface area (Å²) in [4.78, 5) is 0. The van der Waals surface area contributed by atoms with Crippen molar-refractivity contribution in [2.45, 2.75) is 26.6 Å². The van der Waals surface area contributed by atoms with Gasteiger partial charge in [0, 0.05) is 6.61 Å². The van der Waals surface area contributed by atoms with Gasteiger partial charge in [-0.05, 0) is 13.3 Å². The third-order valence-corrected chi connectivity index (χ3v) is 0.708. The van der Waals surface area contributed by atoms with Crippen molar-refractivity contribution in [3.05, 3.63) is 0 Å². The Bertz CT molecular complexity index is 44.8. The molecule has 1 unspecified atom stereocenters. The molecule has 0 saturated carbocycles. The van der Waals surface area contributed by atoms with Crippen LogP contribution in [0.3, 0.4) is 0 Å². The van der Waals surface area contributed by atoms with Gasteiger partial charge in [-0.3, -0.25) is 0 Å². The van der Waals surface area contributed by atoms with Gasteiger partial charge in [-0.2, -0.15) is 0 Å². The van der Waals surface area contributed by atoms with Gasteiger partial charge in [-0.15, -0.1) is 0 Å². The van der Waals surface area contributed by atoms with Gasteiger partial charge < -0.3 is 53.7 Å². The van der Waals surface area contributed by atoms with Crippen LogP contribution in [0, 0.1) is 0 Å². The Balaban J connectivity index is -0.00000000643. The zero-order valence-electron chi connectivity index (χ0n) is 8.85. The molecule has 0 aliphatic heterocycles. The molecule has 10 nitrogen and oxygen atoms in total. The Kier molecular flexibility index (Phi) is 395. The molecule has 0 heterocycles. The van der Waals surface area contributed by atoms with E-state index in [9.17, 15) is 0 Å². The zero-order chi connectivity index (χ0) is 5.70. The lowest BCUT2D eigenvalue weighted by molar-refractivity contribution is -0.0953. The van der Waals surface area contributed by atoms with Crippen molar-refractivity contribution in [1.82, 2.24) is 0 Å². The van der Waals surface area contributed by atoms with Crippen molar-refractivity contribution in [1.29, 1.82) is 0 Å². The highest BCUT2D eigenvalue weighted by molar-refractivity contribution is 4.29. The average molecular weight is 248 g/mol. The van der Waals surface area contributed by atoms with Crippen molar-refractivity contribution < 1.29 is 53.7 Å². The van der Waals surface area contributed by atoms with Crippen LogP contribution in [0.1, 0.15) is 20.3 Å². The van der Waals surface area contributed by atoms with E-state index in [4.69, 9.17) is 9.84 Å². The lowest BCUT2D eigenvalue weighted by Gasteiger charge is -2.04. The quantitative estimate of drug-likeness (QED) is 0.477. The molecule has 108 valence electrons. The number of aliphatic hydroxyl groups is 1. The van der Waals surface area contributed by atoms with E-state index in [-0.39, 0.29) is 43.8 Å². The average Bonchev–Trinajstić information content (AvgIpc) is 1.68. The van der Waals surface area contributed by atoms with Crippen molar-refractivity contribution in [2.75, 3.05) is 6.61 Å². The van der Waals surface area contributed by atoms with Gasteiger partial charge >= 0.3 is 0 Å². The van der Waals surface area contributed by atoms with Crippen LogP contribution in [-0.4, -0.2) is 61.8 Å². The molecule has 0 rings (SSSR count). The minimum atomic E-state index is -0.551. The molecule has 0 bridgehead atoms. The first-order valence-electron chi connectivity index (χ1n) is 2.61. The fourth-order valence-corrected chi connectivity index (χ4v) is 0.310. The van der Waals surface area contributed by atoms with E-state index in [1.165, 1.54) is 0 Å². The molecule has 0 aromatic heterocycles. The number of hydrogen-bond acceptors (Lipinski definition) is 2. The van der Waals surface area contributed by atoms with Gasteiger partial charge in [0.1, 0.15) is 0 Å². The summed E-state index contributed by atoms with van der Waals surface area (Å²) >= 11 is 0. The zero-order valence-corrected chi connectivity index (χ0v) is 8.85. The summed E-state index contributed by atoms with van der Waals surface area (Å²) < 4.78 is 4.75. The summed E-state index contributed by atoms with van der Waals surface area (Å²) in [6, 6.07) is 0. The Hall–Kier alpha value is -0.400. The fraction of sp³-hybridized carbons (Fsp3) is 1.00. The molecule has 1 atom stereocenters. The Morgan fingerprint density at radius 2 is 1.07 bits per heavy atom. The lowest BCUT2D eigenvalue weighted by Crippen LogP contribution is -2.08. The van der Waals surface area contributed by atoms with E-state index in [1.807, 2.05) is 13.8 Å². The molecule has 0 fully saturated rings.